The van der Waals surface area contributed by atoms with Crippen LogP contribution in [-0.4, -0.2) is 54.2 Å². The number of hydrogen-bond acceptors (Lipinski definition) is 5. The van der Waals surface area contributed by atoms with Gasteiger partial charge in [0.1, 0.15) is 12.4 Å². The van der Waals surface area contributed by atoms with Crippen LogP contribution >= 0.6 is 0 Å². The van der Waals surface area contributed by atoms with Crippen LogP contribution in [0.2, 0.25) is 0 Å². The first kappa shape index (κ1) is 18.3. The van der Waals surface area contributed by atoms with E-state index in [1.165, 1.54) is 0 Å². The molecule has 6 heteroatoms. The first-order chi connectivity index (χ1) is 12.7. The molecule has 0 radical (unpaired) electrons. The van der Waals surface area contributed by atoms with E-state index in [0.29, 0.717) is 19.0 Å². The van der Waals surface area contributed by atoms with E-state index in [9.17, 15) is 4.79 Å². The van der Waals surface area contributed by atoms with Crippen LogP contribution in [-0.2, 0) is 9.53 Å². The van der Waals surface area contributed by atoms with Crippen molar-refractivity contribution in [3.05, 3.63) is 42.2 Å². The minimum absolute atomic E-state index is 0.0565. The second kappa shape index (κ2) is 8.76. The van der Waals surface area contributed by atoms with Gasteiger partial charge in [-0.05, 0) is 50.1 Å². The summed E-state index contributed by atoms with van der Waals surface area (Å²) < 4.78 is 10.5. The molecule has 1 unspecified atom stereocenters. The second-order valence-corrected chi connectivity index (χ2v) is 6.35. The van der Waals surface area contributed by atoms with Gasteiger partial charge in [-0.2, -0.15) is 0 Å². The van der Waals surface area contributed by atoms with Crippen molar-refractivity contribution < 1.29 is 14.3 Å². The number of likely N-dealkylation sites (tertiary alicyclic amines) is 1. The highest BCUT2D eigenvalue weighted by atomic mass is 16.5. The molecular formula is C20H25N3O3. The molecule has 1 aromatic carbocycles. The van der Waals surface area contributed by atoms with Gasteiger partial charge in [-0.1, -0.05) is 0 Å². The lowest BCUT2D eigenvalue weighted by atomic mass is 9.94. The maximum absolute atomic E-state index is 12.2. The third-order valence-corrected chi connectivity index (χ3v) is 4.65. The molecule has 1 atom stereocenters. The molecule has 2 heterocycles. The SMILES string of the molecule is CCOCC(=O)N1CCCC(c2ccnc(-c3ccc(OC)cc3)n2)C1. The third kappa shape index (κ3) is 4.38. The van der Waals surface area contributed by atoms with Crippen LogP contribution in [0, 0.1) is 0 Å². The van der Waals surface area contributed by atoms with E-state index < -0.39 is 0 Å². The molecule has 1 aliphatic heterocycles. The highest BCUT2D eigenvalue weighted by Crippen LogP contribution is 2.27. The van der Waals surface area contributed by atoms with Crippen molar-refractivity contribution in [1.29, 1.82) is 0 Å². The van der Waals surface area contributed by atoms with Gasteiger partial charge in [-0.25, -0.2) is 9.97 Å². The van der Waals surface area contributed by atoms with Gasteiger partial charge in [-0.3, -0.25) is 4.79 Å². The lowest BCUT2D eigenvalue weighted by molar-refractivity contribution is -0.137. The number of amides is 1. The summed E-state index contributed by atoms with van der Waals surface area (Å²) >= 11 is 0. The van der Waals surface area contributed by atoms with Gasteiger partial charge < -0.3 is 14.4 Å². The Labute approximate surface area is 154 Å². The number of aromatic nitrogens is 2. The zero-order valence-electron chi connectivity index (χ0n) is 15.4. The zero-order valence-corrected chi connectivity index (χ0v) is 15.4. The van der Waals surface area contributed by atoms with Crippen LogP contribution in [0.1, 0.15) is 31.4 Å². The van der Waals surface area contributed by atoms with E-state index >= 15 is 0 Å². The number of benzene rings is 1. The number of piperidine rings is 1. The Bertz CT molecular complexity index is 733. The smallest absolute Gasteiger partial charge is 0.248 e. The monoisotopic (exact) mass is 355 g/mol. The molecular weight excluding hydrogens is 330 g/mol. The summed E-state index contributed by atoms with van der Waals surface area (Å²) in [6.07, 6.45) is 3.80. The molecule has 0 saturated carbocycles. The van der Waals surface area contributed by atoms with E-state index in [4.69, 9.17) is 14.5 Å². The molecule has 2 aromatic rings. The predicted octanol–water partition coefficient (Wildman–Crippen LogP) is 2.89. The molecule has 138 valence electrons. The van der Waals surface area contributed by atoms with Crippen LogP contribution in [0.3, 0.4) is 0 Å². The normalized spacial score (nSPS) is 17.2. The van der Waals surface area contributed by atoms with E-state index in [1.54, 1.807) is 13.3 Å². The molecule has 0 bridgehead atoms. The molecule has 6 nitrogen and oxygen atoms in total. The summed E-state index contributed by atoms with van der Waals surface area (Å²) in [5, 5.41) is 0. The Morgan fingerprint density at radius 2 is 2.08 bits per heavy atom. The number of ether oxygens (including phenoxy) is 2. The average molecular weight is 355 g/mol. The van der Waals surface area contributed by atoms with Crippen molar-refractivity contribution in [1.82, 2.24) is 14.9 Å². The lowest BCUT2D eigenvalue weighted by Crippen LogP contribution is -2.41. The summed E-state index contributed by atoms with van der Waals surface area (Å²) in [5.74, 6) is 1.79. The highest BCUT2D eigenvalue weighted by Gasteiger charge is 2.25. The van der Waals surface area contributed by atoms with Gasteiger partial charge >= 0.3 is 0 Å². The quantitative estimate of drug-likeness (QED) is 0.797. The van der Waals surface area contributed by atoms with Crippen LogP contribution in [0.4, 0.5) is 0 Å². The summed E-state index contributed by atoms with van der Waals surface area (Å²) in [5.41, 5.74) is 1.94. The van der Waals surface area contributed by atoms with E-state index in [-0.39, 0.29) is 18.4 Å². The van der Waals surface area contributed by atoms with Crippen LogP contribution in [0.5, 0.6) is 5.75 Å². The molecule has 1 aromatic heterocycles. The fourth-order valence-electron chi connectivity index (χ4n) is 3.20. The Morgan fingerprint density at radius 3 is 2.81 bits per heavy atom. The Balaban J connectivity index is 1.73. The predicted molar refractivity (Wildman–Crippen MR) is 99.1 cm³/mol. The second-order valence-electron chi connectivity index (χ2n) is 6.35. The number of carbonyl (C=O) groups is 1. The average Bonchev–Trinajstić information content (AvgIpc) is 2.72. The topological polar surface area (TPSA) is 64.5 Å². The lowest BCUT2D eigenvalue weighted by Gasteiger charge is -2.32. The van der Waals surface area contributed by atoms with Crippen LogP contribution < -0.4 is 4.74 Å². The van der Waals surface area contributed by atoms with E-state index in [2.05, 4.69) is 4.98 Å². The molecule has 1 amide bonds. The van der Waals surface area contributed by atoms with E-state index in [0.717, 1.165) is 36.4 Å². The molecule has 1 saturated heterocycles. The Kier molecular flexibility index (Phi) is 6.17. The van der Waals surface area contributed by atoms with Gasteiger partial charge in [0.25, 0.3) is 0 Å². The van der Waals surface area contributed by atoms with Crippen LogP contribution in [0.15, 0.2) is 36.5 Å². The number of carbonyl (C=O) groups excluding carboxylic acids is 1. The molecule has 3 rings (SSSR count). The Morgan fingerprint density at radius 1 is 1.27 bits per heavy atom. The van der Waals surface area contributed by atoms with E-state index in [1.807, 2.05) is 42.2 Å². The maximum atomic E-state index is 12.2. The fourth-order valence-corrected chi connectivity index (χ4v) is 3.20. The van der Waals surface area contributed by atoms with Gasteiger partial charge in [-0.15, -0.1) is 0 Å². The van der Waals surface area contributed by atoms with Crippen molar-refractivity contribution in [3.63, 3.8) is 0 Å². The molecule has 0 N–H and O–H groups in total. The summed E-state index contributed by atoms with van der Waals surface area (Å²) in [6.45, 7) is 4.09. The minimum atomic E-state index is 0.0565. The van der Waals surface area contributed by atoms with Gasteiger partial charge in [0, 0.05) is 43.1 Å². The minimum Gasteiger partial charge on any atom is -0.497 e. The van der Waals surface area contributed by atoms with Crippen molar-refractivity contribution in [3.8, 4) is 17.1 Å². The number of methoxy groups -OCH3 is 1. The first-order valence-corrected chi connectivity index (χ1v) is 9.04. The van der Waals surface area contributed by atoms with Gasteiger partial charge in [0.2, 0.25) is 5.91 Å². The van der Waals surface area contributed by atoms with Gasteiger partial charge in [0.15, 0.2) is 5.82 Å². The summed E-state index contributed by atoms with van der Waals surface area (Å²) in [4.78, 5) is 23.3. The maximum Gasteiger partial charge on any atom is 0.248 e. The molecule has 1 aliphatic rings. The third-order valence-electron chi connectivity index (χ3n) is 4.65. The fraction of sp³-hybridized carbons (Fsp3) is 0.450. The standard InChI is InChI=1S/C20H25N3O3/c1-3-26-14-19(24)23-12-4-5-16(13-23)18-10-11-21-20(22-18)15-6-8-17(25-2)9-7-15/h6-11,16H,3-5,12-14H2,1-2H3. The number of hydrogen-bond donors (Lipinski definition) is 0. The Hall–Kier alpha value is -2.47. The summed E-state index contributed by atoms with van der Waals surface area (Å²) in [7, 11) is 1.65. The summed E-state index contributed by atoms with van der Waals surface area (Å²) in [6, 6.07) is 9.67. The van der Waals surface area contributed by atoms with Crippen LogP contribution in [0.25, 0.3) is 11.4 Å². The number of nitrogens with zero attached hydrogens (tertiary/aromatic N) is 3. The molecule has 1 fully saturated rings. The zero-order chi connectivity index (χ0) is 18.4. The van der Waals surface area contributed by atoms with Gasteiger partial charge in [0.05, 0.1) is 7.11 Å². The van der Waals surface area contributed by atoms with Crippen molar-refractivity contribution in [2.24, 2.45) is 0 Å². The first-order valence-electron chi connectivity index (χ1n) is 9.04. The molecule has 0 spiro atoms. The number of rotatable bonds is 6. The van der Waals surface area contributed by atoms with Crippen molar-refractivity contribution >= 4 is 5.91 Å². The highest BCUT2D eigenvalue weighted by molar-refractivity contribution is 5.77. The molecule has 26 heavy (non-hydrogen) atoms. The largest absolute Gasteiger partial charge is 0.497 e. The molecule has 0 aliphatic carbocycles. The van der Waals surface area contributed by atoms with Crippen molar-refractivity contribution in [2.75, 3.05) is 33.4 Å². The van der Waals surface area contributed by atoms with Crippen molar-refractivity contribution in [2.45, 2.75) is 25.7 Å².